The lowest BCUT2D eigenvalue weighted by Gasteiger charge is -2.29. The molecule has 1 aliphatic rings. The predicted octanol–water partition coefficient (Wildman–Crippen LogP) is 4.26. The Hall–Kier alpha value is -0.0500. The Balaban J connectivity index is 1.99. The van der Waals surface area contributed by atoms with Crippen LogP contribution in [0.3, 0.4) is 0 Å². The SMILES string of the molecule is CC1CCC(C(O)c2ccc(Cl)s2)CC1. The fourth-order valence-electron chi connectivity index (χ4n) is 2.32. The van der Waals surface area contributed by atoms with Gasteiger partial charge in [-0.15, -0.1) is 11.3 Å². The van der Waals surface area contributed by atoms with Crippen molar-refractivity contribution in [1.82, 2.24) is 0 Å². The second-order valence-corrected chi connectivity index (χ2v) is 6.35. The van der Waals surface area contributed by atoms with E-state index in [4.69, 9.17) is 11.6 Å². The van der Waals surface area contributed by atoms with Gasteiger partial charge in [-0.3, -0.25) is 0 Å². The summed E-state index contributed by atoms with van der Waals surface area (Å²) in [5.41, 5.74) is 0. The molecule has 1 unspecified atom stereocenters. The molecule has 1 atom stereocenters. The van der Waals surface area contributed by atoms with Crippen LogP contribution in [0.15, 0.2) is 12.1 Å². The van der Waals surface area contributed by atoms with Gasteiger partial charge in [-0.05, 0) is 36.8 Å². The van der Waals surface area contributed by atoms with Crippen molar-refractivity contribution >= 4 is 22.9 Å². The highest BCUT2D eigenvalue weighted by Gasteiger charge is 2.26. The van der Waals surface area contributed by atoms with Gasteiger partial charge < -0.3 is 5.11 Å². The summed E-state index contributed by atoms with van der Waals surface area (Å²) in [5.74, 6) is 1.27. The molecule has 2 rings (SSSR count). The first-order chi connectivity index (χ1) is 7.16. The molecular formula is C12H17ClOS. The van der Waals surface area contributed by atoms with Crippen molar-refractivity contribution in [3.05, 3.63) is 21.3 Å². The van der Waals surface area contributed by atoms with Crippen molar-refractivity contribution in [2.75, 3.05) is 0 Å². The molecule has 3 heteroatoms. The Morgan fingerprint density at radius 2 is 2.00 bits per heavy atom. The van der Waals surface area contributed by atoms with Crippen LogP contribution < -0.4 is 0 Å². The van der Waals surface area contributed by atoms with Crippen LogP contribution >= 0.6 is 22.9 Å². The maximum absolute atomic E-state index is 10.2. The van der Waals surface area contributed by atoms with E-state index in [0.717, 1.165) is 28.0 Å². The molecular weight excluding hydrogens is 228 g/mol. The average Bonchev–Trinajstić information content (AvgIpc) is 2.65. The van der Waals surface area contributed by atoms with Gasteiger partial charge in [0.1, 0.15) is 0 Å². The number of thiophene rings is 1. The highest BCUT2D eigenvalue weighted by atomic mass is 35.5. The van der Waals surface area contributed by atoms with E-state index in [1.54, 1.807) is 0 Å². The van der Waals surface area contributed by atoms with E-state index in [2.05, 4.69) is 6.92 Å². The third-order valence-electron chi connectivity index (χ3n) is 3.39. The number of rotatable bonds is 2. The maximum atomic E-state index is 10.2. The van der Waals surface area contributed by atoms with Gasteiger partial charge in [0.15, 0.2) is 0 Å². The summed E-state index contributed by atoms with van der Waals surface area (Å²) >= 11 is 7.38. The van der Waals surface area contributed by atoms with Crippen LogP contribution in [0.4, 0.5) is 0 Å². The molecule has 1 fully saturated rings. The van der Waals surface area contributed by atoms with Crippen LogP contribution in [0.5, 0.6) is 0 Å². The monoisotopic (exact) mass is 244 g/mol. The van der Waals surface area contributed by atoms with Crippen LogP contribution in [-0.4, -0.2) is 5.11 Å². The van der Waals surface area contributed by atoms with Gasteiger partial charge in [0.2, 0.25) is 0 Å². The Bertz CT molecular complexity index is 315. The first kappa shape index (κ1) is 11.4. The number of hydrogen-bond acceptors (Lipinski definition) is 2. The van der Waals surface area contributed by atoms with Crippen molar-refractivity contribution in [2.45, 2.75) is 38.7 Å². The largest absolute Gasteiger partial charge is 0.387 e. The molecule has 1 saturated carbocycles. The van der Waals surface area contributed by atoms with Gasteiger partial charge in [0.05, 0.1) is 10.4 Å². The van der Waals surface area contributed by atoms with Crippen molar-refractivity contribution in [2.24, 2.45) is 11.8 Å². The summed E-state index contributed by atoms with van der Waals surface area (Å²) in [4.78, 5) is 1.03. The highest BCUT2D eigenvalue weighted by Crippen LogP contribution is 2.39. The normalized spacial score (nSPS) is 29.0. The lowest BCUT2D eigenvalue weighted by Crippen LogP contribution is -2.18. The Morgan fingerprint density at radius 1 is 1.33 bits per heavy atom. The quantitative estimate of drug-likeness (QED) is 0.824. The molecule has 1 heterocycles. The minimum atomic E-state index is -0.296. The van der Waals surface area contributed by atoms with E-state index in [1.165, 1.54) is 24.2 Å². The van der Waals surface area contributed by atoms with Gasteiger partial charge >= 0.3 is 0 Å². The summed E-state index contributed by atoms with van der Waals surface area (Å²) in [6.07, 6.45) is 4.51. The zero-order valence-electron chi connectivity index (χ0n) is 8.95. The molecule has 0 saturated heterocycles. The minimum absolute atomic E-state index is 0.296. The fourth-order valence-corrected chi connectivity index (χ4v) is 3.46. The summed E-state index contributed by atoms with van der Waals surface area (Å²) < 4.78 is 0.772. The lowest BCUT2D eigenvalue weighted by atomic mass is 9.80. The topological polar surface area (TPSA) is 20.2 Å². The molecule has 0 amide bonds. The van der Waals surface area contributed by atoms with Crippen molar-refractivity contribution in [3.63, 3.8) is 0 Å². The molecule has 1 aromatic rings. The third kappa shape index (κ3) is 2.74. The summed E-state index contributed by atoms with van der Waals surface area (Å²) in [7, 11) is 0. The van der Waals surface area contributed by atoms with Crippen LogP contribution in [0.2, 0.25) is 4.34 Å². The smallest absolute Gasteiger partial charge is 0.0932 e. The predicted molar refractivity (Wildman–Crippen MR) is 65.4 cm³/mol. The van der Waals surface area contributed by atoms with Gasteiger partial charge in [-0.1, -0.05) is 31.4 Å². The highest BCUT2D eigenvalue weighted by molar-refractivity contribution is 7.16. The summed E-state index contributed by atoms with van der Waals surface area (Å²) in [6.45, 7) is 2.30. The van der Waals surface area contributed by atoms with E-state index in [1.807, 2.05) is 12.1 Å². The van der Waals surface area contributed by atoms with Crippen LogP contribution in [0, 0.1) is 11.8 Å². The van der Waals surface area contributed by atoms with E-state index >= 15 is 0 Å². The molecule has 84 valence electrons. The van der Waals surface area contributed by atoms with E-state index in [-0.39, 0.29) is 6.10 Å². The van der Waals surface area contributed by atoms with Crippen molar-refractivity contribution in [3.8, 4) is 0 Å². The van der Waals surface area contributed by atoms with Crippen molar-refractivity contribution < 1.29 is 5.11 Å². The summed E-state index contributed by atoms with van der Waals surface area (Å²) in [5, 5.41) is 10.2. The first-order valence-electron chi connectivity index (χ1n) is 5.60. The molecule has 0 aliphatic heterocycles. The third-order valence-corrected chi connectivity index (χ3v) is 4.69. The lowest BCUT2D eigenvalue weighted by molar-refractivity contribution is 0.0784. The zero-order chi connectivity index (χ0) is 10.8. The fraction of sp³-hybridized carbons (Fsp3) is 0.667. The van der Waals surface area contributed by atoms with E-state index < -0.39 is 0 Å². The molecule has 0 spiro atoms. The average molecular weight is 245 g/mol. The van der Waals surface area contributed by atoms with Gasteiger partial charge in [0, 0.05) is 4.88 Å². The number of aliphatic hydroxyl groups is 1. The minimum Gasteiger partial charge on any atom is -0.387 e. The molecule has 0 aromatic carbocycles. The molecule has 0 bridgehead atoms. The Morgan fingerprint density at radius 3 is 2.53 bits per heavy atom. The van der Waals surface area contributed by atoms with E-state index in [0.29, 0.717) is 5.92 Å². The second-order valence-electron chi connectivity index (χ2n) is 4.61. The van der Waals surface area contributed by atoms with Gasteiger partial charge in [-0.25, -0.2) is 0 Å². The maximum Gasteiger partial charge on any atom is 0.0932 e. The van der Waals surface area contributed by atoms with Crippen molar-refractivity contribution in [1.29, 1.82) is 0 Å². The molecule has 1 N–H and O–H groups in total. The summed E-state index contributed by atoms with van der Waals surface area (Å²) in [6, 6.07) is 3.83. The molecule has 0 radical (unpaired) electrons. The van der Waals surface area contributed by atoms with Crippen LogP contribution in [0.1, 0.15) is 43.6 Å². The Labute approximate surface area is 100 Å². The van der Waals surface area contributed by atoms with Gasteiger partial charge in [-0.2, -0.15) is 0 Å². The number of aliphatic hydroxyl groups excluding tert-OH is 1. The standard InChI is InChI=1S/C12H17ClOS/c1-8-2-4-9(5-3-8)12(14)10-6-7-11(13)15-10/h6-9,12,14H,2-5H2,1H3. The van der Waals surface area contributed by atoms with Crippen LogP contribution in [0.25, 0.3) is 0 Å². The first-order valence-corrected chi connectivity index (χ1v) is 6.79. The molecule has 1 nitrogen and oxygen atoms in total. The van der Waals surface area contributed by atoms with Gasteiger partial charge in [0.25, 0.3) is 0 Å². The number of halogens is 1. The molecule has 1 aliphatic carbocycles. The van der Waals surface area contributed by atoms with Crippen LogP contribution in [-0.2, 0) is 0 Å². The van der Waals surface area contributed by atoms with E-state index in [9.17, 15) is 5.11 Å². The molecule has 1 aromatic heterocycles. The number of hydrogen-bond donors (Lipinski definition) is 1. The second kappa shape index (κ2) is 4.86. The Kier molecular flexibility index (Phi) is 3.70. The zero-order valence-corrected chi connectivity index (χ0v) is 10.5. The molecule has 15 heavy (non-hydrogen) atoms.